The van der Waals surface area contributed by atoms with Crippen LogP contribution in [-0.2, 0) is 25.6 Å². The zero-order valence-corrected chi connectivity index (χ0v) is 28.7. The van der Waals surface area contributed by atoms with Crippen molar-refractivity contribution in [1.29, 1.82) is 0 Å². The molecule has 2 rings (SSSR count). The van der Waals surface area contributed by atoms with Crippen molar-refractivity contribution in [3.63, 3.8) is 0 Å². The zero-order chi connectivity index (χ0) is 34.1. The average Bonchev–Trinajstić information content (AvgIpc) is 3.07. The lowest BCUT2D eigenvalue weighted by atomic mass is 10.1. The first-order valence-corrected chi connectivity index (χ1v) is 17.3. The number of unbranched alkanes of at least 4 members (excludes halogenated alkanes) is 9. The van der Waals surface area contributed by atoms with Crippen LogP contribution < -0.4 is 26.1 Å². The Morgan fingerprint density at radius 2 is 1.51 bits per heavy atom. The topological polar surface area (TPSA) is 142 Å². The van der Waals surface area contributed by atoms with Gasteiger partial charge in [-0.3, -0.25) is 34.6 Å². The van der Waals surface area contributed by atoms with E-state index >= 15 is 0 Å². The van der Waals surface area contributed by atoms with E-state index in [2.05, 4.69) is 33.3 Å². The van der Waals surface area contributed by atoms with Gasteiger partial charge in [0.15, 0.2) is 6.17 Å². The number of ether oxygens (including phenoxy) is 1. The van der Waals surface area contributed by atoms with Crippen molar-refractivity contribution in [3.8, 4) is 5.75 Å². The molecule has 4 amide bonds. The molecule has 0 bridgehead atoms. The van der Waals surface area contributed by atoms with E-state index in [9.17, 15) is 19.2 Å². The van der Waals surface area contributed by atoms with Gasteiger partial charge >= 0.3 is 0 Å². The minimum atomic E-state index is -1.12. The van der Waals surface area contributed by atoms with Crippen LogP contribution in [-0.4, -0.2) is 59.5 Å². The number of aromatic nitrogens is 1. The number of anilines is 1. The number of rotatable bonds is 24. The number of nitrogens with one attached hydrogen (secondary N) is 4. The molecule has 1 aromatic carbocycles. The highest BCUT2D eigenvalue weighted by molar-refractivity contribution is 5.90. The summed E-state index contributed by atoms with van der Waals surface area (Å²) in [5.74, 6) is -0.564. The maximum absolute atomic E-state index is 13.3. The van der Waals surface area contributed by atoms with E-state index in [-0.39, 0.29) is 24.8 Å². The maximum atomic E-state index is 13.3. The Labute approximate surface area is 281 Å². The molecule has 2 aromatic rings. The lowest BCUT2D eigenvalue weighted by Gasteiger charge is -2.28. The summed E-state index contributed by atoms with van der Waals surface area (Å²) in [6.45, 7) is 6.62. The SMILES string of the molecule is CCCCCCCCCCCCNC(=O)CCCOc1ccc(NC(NC(=O)CCc2cccnc2)C(=O)N(CC)NC(C)=O)cc1. The van der Waals surface area contributed by atoms with Gasteiger partial charge in [-0.2, -0.15) is 0 Å². The van der Waals surface area contributed by atoms with E-state index in [1.165, 1.54) is 58.3 Å². The Morgan fingerprint density at radius 1 is 0.830 bits per heavy atom. The van der Waals surface area contributed by atoms with Gasteiger partial charge in [0.25, 0.3) is 5.91 Å². The number of hydrogen-bond donors (Lipinski definition) is 4. The summed E-state index contributed by atoms with van der Waals surface area (Å²) in [6, 6.07) is 10.7. The molecule has 11 nitrogen and oxygen atoms in total. The Hall–Kier alpha value is -4.15. The van der Waals surface area contributed by atoms with Crippen LogP contribution in [0.5, 0.6) is 5.75 Å². The summed E-state index contributed by atoms with van der Waals surface area (Å²) in [5.41, 5.74) is 3.99. The normalized spacial score (nSPS) is 11.3. The van der Waals surface area contributed by atoms with E-state index in [4.69, 9.17) is 4.74 Å². The number of hydrogen-bond acceptors (Lipinski definition) is 7. The molecule has 11 heteroatoms. The summed E-state index contributed by atoms with van der Waals surface area (Å²) >= 11 is 0. The Morgan fingerprint density at radius 3 is 2.13 bits per heavy atom. The highest BCUT2D eigenvalue weighted by atomic mass is 16.5. The maximum Gasteiger partial charge on any atom is 0.284 e. The van der Waals surface area contributed by atoms with Crippen LogP contribution in [0, 0.1) is 0 Å². The van der Waals surface area contributed by atoms with Crippen LogP contribution in [0.3, 0.4) is 0 Å². The van der Waals surface area contributed by atoms with Crippen LogP contribution in [0.15, 0.2) is 48.8 Å². The van der Waals surface area contributed by atoms with Gasteiger partial charge in [0.2, 0.25) is 17.7 Å². The second kappa shape index (κ2) is 24.1. The molecule has 0 aliphatic rings. The number of hydrazine groups is 1. The predicted octanol–water partition coefficient (Wildman–Crippen LogP) is 5.66. The minimum absolute atomic E-state index is 0.0441. The van der Waals surface area contributed by atoms with E-state index < -0.39 is 18.0 Å². The fraction of sp³-hybridized carbons (Fsp3) is 0.583. The third-order valence-corrected chi connectivity index (χ3v) is 7.63. The van der Waals surface area contributed by atoms with Crippen molar-refractivity contribution in [2.45, 2.75) is 117 Å². The summed E-state index contributed by atoms with van der Waals surface area (Å²) in [5, 5.41) is 9.97. The highest BCUT2D eigenvalue weighted by Gasteiger charge is 2.26. The molecule has 47 heavy (non-hydrogen) atoms. The van der Waals surface area contributed by atoms with Crippen molar-refractivity contribution in [2.24, 2.45) is 0 Å². The highest BCUT2D eigenvalue weighted by Crippen LogP contribution is 2.17. The first-order chi connectivity index (χ1) is 22.8. The smallest absolute Gasteiger partial charge is 0.284 e. The van der Waals surface area contributed by atoms with Gasteiger partial charge in [0.05, 0.1) is 6.61 Å². The quantitative estimate of drug-likeness (QED) is 0.0651. The largest absolute Gasteiger partial charge is 0.494 e. The molecule has 0 saturated heterocycles. The lowest BCUT2D eigenvalue weighted by Crippen LogP contribution is -2.57. The molecule has 4 N–H and O–H groups in total. The summed E-state index contributed by atoms with van der Waals surface area (Å²) in [7, 11) is 0. The van der Waals surface area contributed by atoms with Crippen molar-refractivity contribution in [3.05, 3.63) is 54.4 Å². The molecule has 0 spiro atoms. The molecular weight excluding hydrogens is 596 g/mol. The van der Waals surface area contributed by atoms with E-state index in [1.54, 1.807) is 49.6 Å². The van der Waals surface area contributed by atoms with E-state index in [1.807, 2.05) is 6.07 Å². The van der Waals surface area contributed by atoms with Gasteiger partial charge in [-0.25, -0.2) is 0 Å². The number of carbonyl (C=O) groups is 4. The zero-order valence-electron chi connectivity index (χ0n) is 28.7. The van der Waals surface area contributed by atoms with Crippen molar-refractivity contribution in [1.82, 2.24) is 26.1 Å². The third kappa shape index (κ3) is 17.9. The van der Waals surface area contributed by atoms with Crippen LogP contribution in [0.1, 0.15) is 110 Å². The Kier molecular flexibility index (Phi) is 20.0. The fourth-order valence-corrected chi connectivity index (χ4v) is 5.00. The molecule has 0 aliphatic heterocycles. The molecule has 0 aliphatic carbocycles. The molecule has 1 atom stereocenters. The van der Waals surface area contributed by atoms with Crippen molar-refractivity contribution in [2.75, 3.05) is 25.0 Å². The van der Waals surface area contributed by atoms with Gasteiger partial charge in [-0.05, 0) is 62.1 Å². The molecule has 1 unspecified atom stereocenters. The number of nitrogens with zero attached hydrogens (tertiary/aromatic N) is 2. The van der Waals surface area contributed by atoms with Crippen molar-refractivity contribution >= 4 is 29.3 Å². The Bertz CT molecular complexity index is 1180. The van der Waals surface area contributed by atoms with Crippen LogP contribution in [0.4, 0.5) is 5.69 Å². The molecular formula is C36H56N6O5. The number of carbonyl (C=O) groups excluding carboxylic acids is 4. The van der Waals surface area contributed by atoms with Gasteiger partial charge in [-0.1, -0.05) is 70.8 Å². The van der Waals surface area contributed by atoms with E-state index in [0.717, 1.165) is 30.0 Å². The van der Waals surface area contributed by atoms with Gasteiger partial charge in [-0.15, -0.1) is 0 Å². The molecule has 0 saturated carbocycles. The second-order valence-corrected chi connectivity index (χ2v) is 11.8. The fourth-order valence-electron chi connectivity index (χ4n) is 5.00. The van der Waals surface area contributed by atoms with Gasteiger partial charge < -0.3 is 20.7 Å². The average molecular weight is 653 g/mol. The molecule has 1 heterocycles. The van der Waals surface area contributed by atoms with Crippen LogP contribution >= 0.6 is 0 Å². The molecule has 0 fully saturated rings. The third-order valence-electron chi connectivity index (χ3n) is 7.63. The van der Waals surface area contributed by atoms with Crippen LogP contribution in [0.25, 0.3) is 0 Å². The molecule has 260 valence electrons. The van der Waals surface area contributed by atoms with Gasteiger partial charge in [0, 0.05) is 50.9 Å². The summed E-state index contributed by atoms with van der Waals surface area (Å²) in [6.07, 6.45) is 16.6. The number of likely N-dealkylation sites (N-methyl/N-ethyl adjacent to an activating group) is 1. The number of benzene rings is 1. The number of pyridine rings is 1. The monoisotopic (exact) mass is 652 g/mol. The van der Waals surface area contributed by atoms with Gasteiger partial charge in [0.1, 0.15) is 5.75 Å². The summed E-state index contributed by atoms with van der Waals surface area (Å²) in [4.78, 5) is 53.9. The lowest BCUT2D eigenvalue weighted by molar-refractivity contribution is -0.142. The molecule has 1 aromatic heterocycles. The number of aryl methyl sites for hydroxylation is 1. The second-order valence-electron chi connectivity index (χ2n) is 11.8. The first kappa shape index (κ1) is 39.0. The minimum Gasteiger partial charge on any atom is -0.494 e. The van der Waals surface area contributed by atoms with Crippen LogP contribution in [0.2, 0.25) is 0 Å². The van der Waals surface area contributed by atoms with E-state index in [0.29, 0.717) is 37.3 Å². The summed E-state index contributed by atoms with van der Waals surface area (Å²) < 4.78 is 5.81. The number of amides is 4. The Balaban J connectivity index is 1.73. The van der Waals surface area contributed by atoms with Crippen molar-refractivity contribution < 1.29 is 23.9 Å². The predicted molar refractivity (Wildman–Crippen MR) is 185 cm³/mol. The molecule has 0 radical (unpaired) electrons. The first-order valence-electron chi connectivity index (χ1n) is 17.3. The standard InChI is InChI=1S/C36H56N6O5/c1-4-6-7-8-9-10-11-12-13-14-26-38-33(44)18-16-27-47-32-22-20-31(21-23-32)39-35(36(46)42(5-2)41-29(3)43)40-34(45)24-19-30-17-15-25-37-28-30/h15,17,20-23,25,28,35,39H,4-14,16,18-19,24,26-27H2,1-3H3,(H,38,44)(H,40,45)(H,41,43).